The van der Waals surface area contributed by atoms with Crippen molar-refractivity contribution in [1.82, 2.24) is 5.32 Å². The molecule has 0 saturated carbocycles. The first-order valence-corrected chi connectivity index (χ1v) is 11.2. The lowest BCUT2D eigenvalue weighted by molar-refractivity contribution is -0.279. The van der Waals surface area contributed by atoms with Gasteiger partial charge in [-0.25, -0.2) is 0 Å². The summed E-state index contributed by atoms with van der Waals surface area (Å²) in [7, 11) is 0. The van der Waals surface area contributed by atoms with Gasteiger partial charge in [0.1, 0.15) is 18.8 Å². The maximum absolute atomic E-state index is 11.9. The quantitative estimate of drug-likeness (QED) is 0.204. The number of ether oxygens (including phenoxy) is 7. The van der Waals surface area contributed by atoms with Gasteiger partial charge in [-0.1, -0.05) is 13.8 Å². The summed E-state index contributed by atoms with van der Waals surface area (Å²) in [5.74, 6) is -1.94. The number of esters is 3. The number of carbonyl (C=O) groups is 4. The average molecular weight is 492 g/mol. The van der Waals surface area contributed by atoms with Gasteiger partial charge in [-0.2, -0.15) is 0 Å². The summed E-state index contributed by atoms with van der Waals surface area (Å²) in [4.78, 5) is 46.7. The van der Waals surface area contributed by atoms with E-state index in [4.69, 9.17) is 33.2 Å². The van der Waals surface area contributed by atoms with Gasteiger partial charge in [-0.3, -0.25) is 19.2 Å². The molecule has 1 fully saturated rings. The Balaban J connectivity index is 2.91. The van der Waals surface area contributed by atoms with E-state index in [0.29, 0.717) is 25.7 Å². The van der Waals surface area contributed by atoms with Gasteiger partial charge < -0.3 is 38.5 Å². The van der Waals surface area contributed by atoms with E-state index in [1.54, 1.807) is 0 Å². The molecule has 0 aliphatic carbocycles. The molecule has 0 spiro atoms. The smallest absolute Gasteiger partial charge is 0.303 e. The number of nitrogens with one attached hydrogen (secondary N) is 1. The third-order valence-electron chi connectivity index (χ3n) is 4.40. The predicted molar refractivity (Wildman–Crippen MR) is 116 cm³/mol. The molecule has 1 amide bonds. The first-order chi connectivity index (χ1) is 16.0. The molecule has 0 bridgehead atoms. The summed E-state index contributed by atoms with van der Waals surface area (Å²) in [5, 5.41) is 2.63. The Morgan fingerprint density at radius 3 is 1.97 bits per heavy atom. The molecule has 1 heterocycles. The van der Waals surface area contributed by atoms with Gasteiger partial charge in [0, 0.05) is 34.3 Å². The lowest BCUT2D eigenvalue weighted by Crippen LogP contribution is -2.66. The van der Waals surface area contributed by atoms with E-state index in [-0.39, 0.29) is 19.8 Å². The highest BCUT2D eigenvalue weighted by Crippen LogP contribution is 2.28. The van der Waals surface area contributed by atoms with Gasteiger partial charge in [0.2, 0.25) is 5.91 Å². The Bertz CT molecular complexity index is 669. The van der Waals surface area contributed by atoms with Gasteiger partial charge >= 0.3 is 17.9 Å². The van der Waals surface area contributed by atoms with E-state index in [9.17, 15) is 19.2 Å². The summed E-state index contributed by atoms with van der Waals surface area (Å²) in [6.07, 6.45) is -4.44. The second-order valence-corrected chi connectivity index (χ2v) is 8.17. The van der Waals surface area contributed by atoms with E-state index in [0.717, 1.165) is 0 Å². The molecule has 12 nitrogen and oxygen atoms in total. The third-order valence-corrected chi connectivity index (χ3v) is 4.40. The lowest BCUT2D eigenvalue weighted by atomic mass is 9.96. The standard InChI is InChI=1S/C22H37NO11/c1-13(2)11-29-8-7-28-9-10-30-22-19(23-14(3)24)21(33-17(6)27)20(32-16(5)26)18(34-22)12-31-15(4)25/h13,18-22H,7-12H2,1-6H3,(H,23,24). The van der Waals surface area contributed by atoms with E-state index in [2.05, 4.69) is 5.32 Å². The Morgan fingerprint density at radius 1 is 0.824 bits per heavy atom. The van der Waals surface area contributed by atoms with Crippen LogP contribution >= 0.6 is 0 Å². The van der Waals surface area contributed by atoms with Crippen molar-refractivity contribution < 1.29 is 52.3 Å². The molecule has 1 rings (SSSR count). The molecule has 0 aromatic carbocycles. The molecule has 196 valence electrons. The lowest BCUT2D eigenvalue weighted by Gasteiger charge is -2.44. The fourth-order valence-electron chi connectivity index (χ4n) is 3.20. The first kappa shape index (κ1) is 29.8. The fraction of sp³-hybridized carbons (Fsp3) is 0.818. The van der Waals surface area contributed by atoms with Crippen LogP contribution in [0.25, 0.3) is 0 Å². The van der Waals surface area contributed by atoms with Gasteiger partial charge in [-0.05, 0) is 5.92 Å². The monoisotopic (exact) mass is 491 g/mol. The number of hydrogen-bond acceptors (Lipinski definition) is 11. The van der Waals surface area contributed by atoms with Gasteiger partial charge in [0.05, 0.1) is 26.4 Å². The van der Waals surface area contributed by atoms with Crippen LogP contribution in [0.3, 0.4) is 0 Å². The Morgan fingerprint density at radius 2 is 1.41 bits per heavy atom. The molecular formula is C22H37NO11. The van der Waals surface area contributed by atoms with Crippen molar-refractivity contribution in [1.29, 1.82) is 0 Å². The largest absolute Gasteiger partial charge is 0.463 e. The fourth-order valence-corrected chi connectivity index (χ4v) is 3.20. The van der Waals surface area contributed by atoms with Crippen molar-refractivity contribution in [2.75, 3.05) is 39.6 Å². The number of rotatable bonds is 14. The summed E-state index contributed by atoms with van der Waals surface area (Å²) >= 11 is 0. The van der Waals surface area contributed by atoms with Crippen LogP contribution in [-0.2, 0) is 52.3 Å². The van der Waals surface area contributed by atoms with Crippen molar-refractivity contribution in [2.24, 2.45) is 5.92 Å². The molecule has 1 aliphatic rings. The zero-order valence-electron chi connectivity index (χ0n) is 20.7. The Hall–Kier alpha value is -2.28. The van der Waals surface area contributed by atoms with Crippen molar-refractivity contribution in [3.63, 3.8) is 0 Å². The molecule has 5 atom stereocenters. The zero-order chi connectivity index (χ0) is 25.7. The molecule has 1 aliphatic heterocycles. The first-order valence-electron chi connectivity index (χ1n) is 11.2. The van der Waals surface area contributed by atoms with Gasteiger partial charge in [0.25, 0.3) is 0 Å². The maximum Gasteiger partial charge on any atom is 0.303 e. The van der Waals surface area contributed by atoms with Crippen LogP contribution in [0.4, 0.5) is 0 Å². The minimum atomic E-state index is -1.16. The van der Waals surface area contributed by atoms with E-state index in [1.165, 1.54) is 27.7 Å². The van der Waals surface area contributed by atoms with Gasteiger partial charge in [0.15, 0.2) is 18.5 Å². The Kier molecular flexibility index (Phi) is 13.6. The average Bonchev–Trinajstić information content (AvgIpc) is 2.71. The van der Waals surface area contributed by atoms with Crippen LogP contribution in [0, 0.1) is 5.92 Å². The van der Waals surface area contributed by atoms with Crippen LogP contribution in [-0.4, -0.2) is 94.1 Å². The molecule has 0 aromatic rings. The van der Waals surface area contributed by atoms with E-state index in [1.807, 2.05) is 13.8 Å². The summed E-state index contributed by atoms with van der Waals surface area (Å²) in [6.45, 7) is 10.4. The molecule has 12 heteroatoms. The number of amides is 1. The summed E-state index contributed by atoms with van der Waals surface area (Å²) < 4.78 is 38.3. The van der Waals surface area contributed by atoms with Crippen molar-refractivity contribution in [2.45, 2.75) is 72.2 Å². The van der Waals surface area contributed by atoms with Crippen molar-refractivity contribution in [3.8, 4) is 0 Å². The second kappa shape index (κ2) is 15.6. The minimum Gasteiger partial charge on any atom is -0.463 e. The molecule has 1 saturated heterocycles. The highest BCUT2D eigenvalue weighted by molar-refractivity contribution is 5.73. The highest BCUT2D eigenvalue weighted by Gasteiger charge is 2.51. The number of carbonyl (C=O) groups excluding carboxylic acids is 4. The number of hydrogen-bond donors (Lipinski definition) is 1. The molecule has 5 unspecified atom stereocenters. The molecule has 34 heavy (non-hydrogen) atoms. The SMILES string of the molecule is CC(=O)NC1C(OCCOCCOCC(C)C)OC(COC(C)=O)C(OC(C)=O)C1OC(C)=O. The molecular weight excluding hydrogens is 454 g/mol. The van der Waals surface area contributed by atoms with Crippen molar-refractivity contribution >= 4 is 23.8 Å². The van der Waals surface area contributed by atoms with E-state index >= 15 is 0 Å². The van der Waals surface area contributed by atoms with Crippen LogP contribution in [0.1, 0.15) is 41.5 Å². The second-order valence-electron chi connectivity index (χ2n) is 8.17. The van der Waals surface area contributed by atoms with Crippen LogP contribution in [0.15, 0.2) is 0 Å². The normalized spacial score (nSPS) is 24.4. The highest BCUT2D eigenvalue weighted by atomic mass is 16.7. The topological polar surface area (TPSA) is 145 Å². The van der Waals surface area contributed by atoms with Crippen molar-refractivity contribution in [3.05, 3.63) is 0 Å². The van der Waals surface area contributed by atoms with E-state index < -0.39 is 54.5 Å². The summed E-state index contributed by atoms with van der Waals surface area (Å²) in [5.41, 5.74) is 0. The zero-order valence-corrected chi connectivity index (χ0v) is 20.7. The Labute approximate surface area is 199 Å². The van der Waals surface area contributed by atoms with Crippen LogP contribution in [0.5, 0.6) is 0 Å². The maximum atomic E-state index is 11.9. The third kappa shape index (κ3) is 11.7. The molecule has 0 aromatic heterocycles. The van der Waals surface area contributed by atoms with Crippen LogP contribution in [0.2, 0.25) is 0 Å². The van der Waals surface area contributed by atoms with Gasteiger partial charge in [-0.15, -0.1) is 0 Å². The predicted octanol–water partition coefficient (Wildman–Crippen LogP) is 0.348. The molecule has 1 N–H and O–H groups in total. The summed E-state index contributed by atoms with van der Waals surface area (Å²) in [6, 6.07) is -1.01. The minimum absolute atomic E-state index is 0.0796. The van der Waals surface area contributed by atoms with Crippen LogP contribution < -0.4 is 5.32 Å². The molecule has 0 radical (unpaired) electrons.